The Balaban J connectivity index is 2.39. The third-order valence-electron chi connectivity index (χ3n) is 1.83. The molecule has 0 bridgehead atoms. The highest BCUT2D eigenvalue weighted by Gasteiger charge is 2.06. The predicted octanol–water partition coefficient (Wildman–Crippen LogP) is 1.91. The highest BCUT2D eigenvalue weighted by Crippen LogP contribution is 2.11. The molecular formula is C11H17FNO+. The molecule has 1 aromatic carbocycles. The van der Waals surface area contributed by atoms with Crippen LogP contribution in [-0.2, 0) is 0 Å². The summed E-state index contributed by atoms with van der Waals surface area (Å²) in [5.41, 5.74) is 0. The Bertz CT molecular complexity index is 294. The van der Waals surface area contributed by atoms with Gasteiger partial charge in [-0.2, -0.15) is 0 Å². The van der Waals surface area contributed by atoms with Crippen LogP contribution in [0.5, 0.6) is 5.75 Å². The van der Waals surface area contributed by atoms with Gasteiger partial charge in [-0.1, -0.05) is 6.07 Å². The normalized spacial score (nSPS) is 11.4. The van der Waals surface area contributed by atoms with Gasteiger partial charge in [0.15, 0.2) is 0 Å². The molecule has 2 nitrogen and oxygen atoms in total. The zero-order valence-corrected chi connectivity index (χ0v) is 8.96. The van der Waals surface area contributed by atoms with Gasteiger partial charge in [0.25, 0.3) is 0 Å². The van der Waals surface area contributed by atoms with Crippen LogP contribution in [0, 0.1) is 5.82 Å². The number of rotatable bonds is 4. The molecule has 0 saturated heterocycles. The highest BCUT2D eigenvalue weighted by molar-refractivity contribution is 5.22. The first-order chi connectivity index (χ1) is 6.47. The van der Waals surface area contributed by atoms with Gasteiger partial charge in [0.1, 0.15) is 24.7 Å². The molecule has 3 heteroatoms. The van der Waals surface area contributed by atoms with Crippen LogP contribution in [0.15, 0.2) is 24.3 Å². The van der Waals surface area contributed by atoms with E-state index in [9.17, 15) is 4.39 Å². The number of likely N-dealkylation sites (N-methyl/N-ethyl adjacent to an activating group) is 1. The summed E-state index contributed by atoms with van der Waals surface area (Å²) >= 11 is 0. The molecule has 0 spiro atoms. The summed E-state index contributed by atoms with van der Waals surface area (Å²) in [6.07, 6.45) is 0. The van der Waals surface area contributed by atoms with E-state index in [0.29, 0.717) is 12.4 Å². The van der Waals surface area contributed by atoms with Crippen molar-refractivity contribution in [3.63, 3.8) is 0 Å². The zero-order chi connectivity index (χ0) is 10.6. The fraction of sp³-hybridized carbons (Fsp3) is 0.455. The van der Waals surface area contributed by atoms with Crippen molar-refractivity contribution in [2.24, 2.45) is 0 Å². The zero-order valence-electron chi connectivity index (χ0n) is 8.96. The van der Waals surface area contributed by atoms with Gasteiger partial charge in [0.05, 0.1) is 21.1 Å². The minimum absolute atomic E-state index is 0.257. The van der Waals surface area contributed by atoms with E-state index in [4.69, 9.17) is 4.74 Å². The van der Waals surface area contributed by atoms with Crippen molar-refractivity contribution in [2.75, 3.05) is 34.3 Å². The topological polar surface area (TPSA) is 9.23 Å². The molecule has 1 rings (SSSR count). The summed E-state index contributed by atoms with van der Waals surface area (Å²) in [6.45, 7) is 1.50. The Morgan fingerprint density at radius 1 is 1.29 bits per heavy atom. The smallest absolute Gasteiger partial charge is 0.137 e. The van der Waals surface area contributed by atoms with Crippen LogP contribution in [0.1, 0.15) is 0 Å². The molecule has 0 atom stereocenters. The lowest BCUT2D eigenvalue weighted by Crippen LogP contribution is -2.38. The standard InChI is InChI=1S/C11H17FNO/c1-13(2,3)7-8-14-11-6-4-5-10(12)9-11/h4-6,9H,7-8H2,1-3H3/q+1. The first-order valence-electron chi connectivity index (χ1n) is 4.66. The van der Waals surface area contributed by atoms with E-state index < -0.39 is 0 Å². The predicted molar refractivity (Wildman–Crippen MR) is 54.8 cm³/mol. The maximum absolute atomic E-state index is 12.7. The first-order valence-corrected chi connectivity index (χ1v) is 4.66. The van der Waals surface area contributed by atoms with Crippen molar-refractivity contribution in [3.8, 4) is 5.75 Å². The number of benzene rings is 1. The van der Waals surface area contributed by atoms with Gasteiger partial charge in [0.2, 0.25) is 0 Å². The van der Waals surface area contributed by atoms with E-state index in [1.165, 1.54) is 12.1 Å². The van der Waals surface area contributed by atoms with E-state index in [1.807, 2.05) is 0 Å². The molecule has 0 heterocycles. The van der Waals surface area contributed by atoms with Crippen molar-refractivity contribution < 1.29 is 13.6 Å². The second-order valence-electron chi connectivity index (χ2n) is 4.32. The molecule has 0 aliphatic rings. The summed E-state index contributed by atoms with van der Waals surface area (Å²) in [5.74, 6) is 0.339. The van der Waals surface area contributed by atoms with E-state index in [-0.39, 0.29) is 5.82 Å². The van der Waals surface area contributed by atoms with Gasteiger partial charge < -0.3 is 9.22 Å². The highest BCUT2D eigenvalue weighted by atomic mass is 19.1. The number of quaternary nitrogens is 1. The van der Waals surface area contributed by atoms with E-state index in [0.717, 1.165) is 11.0 Å². The third kappa shape index (κ3) is 4.23. The summed E-state index contributed by atoms with van der Waals surface area (Å²) in [5, 5.41) is 0. The average molecular weight is 198 g/mol. The molecule has 1 aromatic rings. The number of ether oxygens (including phenoxy) is 1. The second kappa shape index (κ2) is 4.42. The summed E-state index contributed by atoms with van der Waals surface area (Å²) < 4.78 is 19.0. The average Bonchev–Trinajstić information content (AvgIpc) is 2.01. The van der Waals surface area contributed by atoms with Crippen LogP contribution in [-0.4, -0.2) is 38.8 Å². The maximum atomic E-state index is 12.7. The number of hydrogen-bond donors (Lipinski definition) is 0. The first kappa shape index (κ1) is 11.0. The number of hydrogen-bond acceptors (Lipinski definition) is 1. The van der Waals surface area contributed by atoms with Crippen LogP contribution in [0.3, 0.4) is 0 Å². The summed E-state index contributed by atoms with van der Waals surface area (Å²) in [6, 6.07) is 6.22. The molecular weight excluding hydrogens is 181 g/mol. The summed E-state index contributed by atoms with van der Waals surface area (Å²) in [4.78, 5) is 0. The van der Waals surface area contributed by atoms with Gasteiger partial charge in [-0.25, -0.2) is 4.39 Å². The molecule has 78 valence electrons. The largest absolute Gasteiger partial charge is 0.488 e. The molecule has 0 aliphatic carbocycles. The van der Waals surface area contributed by atoms with Crippen LogP contribution in [0.25, 0.3) is 0 Å². The van der Waals surface area contributed by atoms with E-state index in [2.05, 4.69) is 21.1 Å². The van der Waals surface area contributed by atoms with Gasteiger partial charge in [-0.05, 0) is 12.1 Å². The molecule has 0 N–H and O–H groups in total. The van der Waals surface area contributed by atoms with Crippen molar-refractivity contribution in [1.29, 1.82) is 0 Å². The molecule has 0 aliphatic heterocycles. The number of nitrogens with zero attached hydrogens (tertiary/aromatic N) is 1. The molecule has 0 unspecified atom stereocenters. The SMILES string of the molecule is C[N+](C)(C)CCOc1cccc(F)c1. The number of halogens is 1. The molecule has 0 radical (unpaired) electrons. The van der Waals surface area contributed by atoms with Gasteiger partial charge in [-0.15, -0.1) is 0 Å². The Hall–Kier alpha value is -1.09. The third-order valence-corrected chi connectivity index (χ3v) is 1.83. The van der Waals surface area contributed by atoms with Crippen LogP contribution < -0.4 is 4.74 Å². The Labute approximate surface area is 84.5 Å². The minimum atomic E-state index is -0.257. The van der Waals surface area contributed by atoms with Crippen LogP contribution in [0.4, 0.5) is 4.39 Å². The lowest BCUT2D eigenvalue weighted by Gasteiger charge is -2.23. The fourth-order valence-corrected chi connectivity index (χ4v) is 0.994. The van der Waals surface area contributed by atoms with Crippen LogP contribution in [0.2, 0.25) is 0 Å². The van der Waals surface area contributed by atoms with Crippen LogP contribution >= 0.6 is 0 Å². The molecule has 0 aromatic heterocycles. The lowest BCUT2D eigenvalue weighted by molar-refractivity contribution is -0.870. The molecule has 14 heavy (non-hydrogen) atoms. The monoisotopic (exact) mass is 198 g/mol. The second-order valence-corrected chi connectivity index (χ2v) is 4.32. The van der Waals surface area contributed by atoms with Gasteiger partial charge >= 0.3 is 0 Å². The lowest BCUT2D eigenvalue weighted by atomic mass is 10.3. The van der Waals surface area contributed by atoms with Gasteiger partial charge in [-0.3, -0.25) is 0 Å². The minimum Gasteiger partial charge on any atom is -0.488 e. The Kier molecular flexibility index (Phi) is 3.47. The van der Waals surface area contributed by atoms with E-state index in [1.54, 1.807) is 12.1 Å². The molecule has 0 fully saturated rings. The van der Waals surface area contributed by atoms with Gasteiger partial charge in [0, 0.05) is 6.07 Å². The summed E-state index contributed by atoms with van der Waals surface area (Å²) in [7, 11) is 6.28. The molecule has 0 amide bonds. The molecule has 0 saturated carbocycles. The Morgan fingerprint density at radius 3 is 2.57 bits per heavy atom. The van der Waals surface area contributed by atoms with Crippen molar-refractivity contribution >= 4 is 0 Å². The fourth-order valence-electron chi connectivity index (χ4n) is 0.994. The quantitative estimate of drug-likeness (QED) is 0.671. The van der Waals surface area contributed by atoms with Crippen molar-refractivity contribution in [1.82, 2.24) is 0 Å². The Morgan fingerprint density at radius 2 is 2.00 bits per heavy atom. The maximum Gasteiger partial charge on any atom is 0.137 e. The van der Waals surface area contributed by atoms with E-state index >= 15 is 0 Å². The van der Waals surface area contributed by atoms with Crippen molar-refractivity contribution in [3.05, 3.63) is 30.1 Å². The van der Waals surface area contributed by atoms with Crippen molar-refractivity contribution in [2.45, 2.75) is 0 Å².